The first-order valence-corrected chi connectivity index (χ1v) is 5.48. The van der Waals surface area contributed by atoms with Crippen LogP contribution in [0.2, 0.25) is 0 Å². The Balaban J connectivity index is 2.14. The number of aromatic nitrogens is 2. The van der Waals surface area contributed by atoms with Gasteiger partial charge in [0.25, 0.3) is 0 Å². The van der Waals surface area contributed by atoms with Crippen LogP contribution in [0.15, 0.2) is 37.2 Å². The highest BCUT2D eigenvalue weighted by Crippen LogP contribution is 2.14. The highest BCUT2D eigenvalue weighted by Gasteiger charge is 2.05. The van der Waals surface area contributed by atoms with Gasteiger partial charge in [0.05, 0.1) is 23.8 Å². The van der Waals surface area contributed by atoms with Crippen molar-refractivity contribution in [1.29, 1.82) is 0 Å². The number of nitrogens with one attached hydrogen (secondary N) is 1. The van der Waals surface area contributed by atoms with E-state index >= 15 is 0 Å². The van der Waals surface area contributed by atoms with Crippen LogP contribution in [-0.4, -0.2) is 22.0 Å². The van der Waals surface area contributed by atoms with Crippen LogP contribution in [0, 0.1) is 0 Å². The maximum atomic E-state index is 11.5. The molecule has 0 aliphatic carbocycles. The average molecular weight is 229 g/mol. The van der Waals surface area contributed by atoms with Crippen LogP contribution in [0.25, 0.3) is 11.0 Å². The van der Waals surface area contributed by atoms with E-state index in [2.05, 4.69) is 16.9 Å². The molecule has 0 bridgehead atoms. The number of rotatable bonds is 4. The highest BCUT2D eigenvalue weighted by molar-refractivity contribution is 5.81. The molecule has 2 aromatic rings. The minimum Gasteiger partial charge on any atom is -0.352 e. The maximum Gasteiger partial charge on any atom is 0.224 e. The van der Waals surface area contributed by atoms with Crippen LogP contribution in [0.5, 0.6) is 0 Å². The van der Waals surface area contributed by atoms with E-state index in [1.807, 2.05) is 29.8 Å². The van der Waals surface area contributed by atoms with Crippen molar-refractivity contribution in [2.45, 2.75) is 6.42 Å². The van der Waals surface area contributed by atoms with E-state index in [-0.39, 0.29) is 5.91 Å². The highest BCUT2D eigenvalue weighted by atomic mass is 16.1. The second kappa shape index (κ2) is 4.82. The first kappa shape index (κ1) is 11.4. The molecular formula is C13H15N3O. The van der Waals surface area contributed by atoms with E-state index < -0.39 is 0 Å². The minimum atomic E-state index is 0.000168. The lowest BCUT2D eigenvalue weighted by molar-refractivity contribution is -0.120. The zero-order valence-corrected chi connectivity index (χ0v) is 9.81. The zero-order valence-electron chi connectivity index (χ0n) is 9.81. The van der Waals surface area contributed by atoms with Gasteiger partial charge >= 0.3 is 0 Å². The van der Waals surface area contributed by atoms with E-state index in [0.29, 0.717) is 13.0 Å². The maximum absolute atomic E-state index is 11.5. The van der Waals surface area contributed by atoms with Crippen molar-refractivity contribution in [3.8, 4) is 0 Å². The van der Waals surface area contributed by atoms with Crippen molar-refractivity contribution in [2.24, 2.45) is 7.05 Å². The van der Waals surface area contributed by atoms with Crippen molar-refractivity contribution in [3.05, 3.63) is 42.7 Å². The molecule has 1 aromatic carbocycles. The van der Waals surface area contributed by atoms with Gasteiger partial charge in [0, 0.05) is 13.6 Å². The molecular weight excluding hydrogens is 214 g/mol. The van der Waals surface area contributed by atoms with Gasteiger partial charge in [-0.25, -0.2) is 4.98 Å². The SMILES string of the molecule is C=CCNC(=O)Cc1ccc2c(c1)ncn2C. The van der Waals surface area contributed by atoms with Crippen molar-refractivity contribution in [1.82, 2.24) is 14.9 Å². The molecule has 0 spiro atoms. The number of aryl methyl sites for hydroxylation is 1. The average Bonchev–Trinajstić information content (AvgIpc) is 2.68. The molecule has 2 rings (SSSR count). The molecule has 88 valence electrons. The summed E-state index contributed by atoms with van der Waals surface area (Å²) in [4.78, 5) is 15.8. The zero-order chi connectivity index (χ0) is 12.3. The lowest BCUT2D eigenvalue weighted by Gasteiger charge is -2.03. The summed E-state index contributed by atoms with van der Waals surface area (Å²) in [5.41, 5.74) is 2.96. The number of nitrogens with zero attached hydrogens (tertiary/aromatic N) is 2. The fraction of sp³-hybridized carbons (Fsp3) is 0.231. The third-order valence-electron chi connectivity index (χ3n) is 2.60. The summed E-state index contributed by atoms with van der Waals surface area (Å²) >= 11 is 0. The number of carbonyl (C=O) groups is 1. The largest absolute Gasteiger partial charge is 0.352 e. The smallest absolute Gasteiger partial charge is 0.224 e. The molecule has 4 heteroatoms. The lowest BCUT2D eigenvalue weighted by atomic mass is 10.1. The Morgan fingerprint density at radius 3 is 3.18 bits per heavy atom. The molecule has 1 amide bonds. The molecule has 4 nitrogen and oxygen atoms in total. The summed E-state index contributed by atoms with van der Waals surface area (Å²) < 4.78 is 1.96. The number of fused-ring (bicyclic) bond motifs is 1. The van der Waals surface area contributed by atoms with E-state index in [0.717, 1.165) is 16.6 Å². The number of hydrogen-bond donors (Lipinski definition) is 1. The number of carbonyl (C=O) groups excluding carboxylic acids is 1. The molecule has 0 radical (unpaired) electrons. The monoisotopic (exact) mass is 229 g/mol. The Labute approximate surface area is 100.0 Å². The molecule has 0 unspecified atom stereocenters. The molecule has 17 heavy (non-hydrogen) atoms. The molecule has 0 saturated heterocycles. The third-order valence-corrected chi connectivity index (χ3v) is 2.60. The minimum absolute atomic E-state index is 0.000168. The van der Waals surface area contributed by atoms with Gasteiger partial charge in [0.1, 0.15) is 0 Å². The molecule has 0 fully saturated rings. The fourth-order valence-corrected chi connectivity index (χ4v) is 1.73. The summed E-state index contributed by atoms with van der Waals surface area (Å²) in [6.07, 6.45) is 3.81. The van der Waals surface area contributed by atoms with Gasteiger partial charge in [-0.2, -0.15) is 0 Å². The van der Waals surface area contributed by atoms with E-state index in [9.17, 15) is 4.79 Å². The molecule has 0 aliphatic rings. The molecule has 0 aliphatic heterocycles. The summed E-state index contributed by atoms with van der Waals surface area (Å²) in [7, 11) is 1.95. The predicted molar refractivity (Wildman–Crippen MR) is 67.6 cm³/mol. The lowest BCUT2D eigenvalue weighted by Crippen LogP contribution is -2.24. The predicted octanol–water partition coefficient (Wildman–Crippen LogP) is 1.42. The van der Waals surface area contributed by atoms with Gasteiger partial charge in [-0.05, 0) is 17.7 Å². The number of amides is 1. The van der Waals surface area contributed by atoms with Gasteiger partial charge in [0.15, 0.2) is 0 Å². The fourth-order valence-electron chi connectivity index (χ4n) is 1.73. The van der Waals surface area contributed by atoms with Crippen molar-refractivity contribution in [2.75, 3.05) is 6.54 Å². The quantitative estimate of drug-likeness (QED) is 0.806. The molecule has 1 N–H and O–H groups in total. The third kappa shape index (κ3) is 2.53. The van der Waals surface area contributed by atoms with Gasteiger partial charge < -0.3 is 9.88 Å². The summed E-state index contributed by atoms with van der Waals surface area (Å²) in [5.74, 6) is 0.000168. The standard InChI is InChI=1S/C13H15N3O/c1-3-6-14-13(17)8-10-4-5-12-11(7-10)15-9-16(12)2/h3-5,7,9H,1,6,8H2,2H3,(H,14,17). The molecule has 1 heterocycles. The first-order chi connectivity index (χ1) is 8.20. The van der Waals surface area contributed by atoms with Crippen LogP contribution >= 0.6 is 0 Å². The molecule has 1 aromatic heterocycles. The van der Waals surface area contributed by atoms with Crippen LogP contribution in [0.3, 0.4) is 0 Å². The Bertz CT molecular complexity index is 557. The summed E-state index contributed by atoms with van der Waals surface area (Å²) in [6.45, 7) is 4.06. The number of imidazole rings is 1. The van der Waals surface area contributed by atoms with Crippen LogP contribution in [0.4, 0.5) is 0 Å². The van der Waals surface area contributed by atoms with E-state index in [1.54, 1.807) is 12.4 Å². The molecule has 0 atom stereocenters. The van der Waals surface area contributed by atoms with Crippen molar-refractivity contribution >= 4 is 16.9 Å². The second-order valence-electron chi connectivity index (χ2n) is 3.95. The number of benzene rings is 1. The van der Waals surface area contributed by atoms with Gasteiger partial charge in [-0.3, -0.25) is 4.79 Å². The van der Waals surface area contributed by atoms with Crippen LogP contribution in [0.1, 0.15) is 5.56 Å². The normalized spacial score (nSPS) is 10.4. The Hall–Kier alpha value is -2.10. The van der Waals surface area contributed by atoms with E-state index in [4.69, 9.17) is 0 Å². The van der Waals surface area contributed by atoms with Crippen LogP contribution in [-0.2, 0) is 18.3 Å². The van der Waals surface area contributed by atoms with Crippen molar-refractivity contribution < 1.29 is 4.79 Å². The Kier molecular flexibility index (Phi) is 3.23. The summed E-state index contributed by atoms with van der Waals surface area (Å²) in [6, 6.07) is 5.89. The van der Waals surface area contributed by atoms with Crippen molar-refractivity contribution in [3.63, 3.8) is 0 Å². The first-order valence-electron chi connectivity index (χ1n) is 5.48. The Morgan fingerprint density at radius 2 is 2.41 bits per heavy atom. The Morgan fingerprint density at radius 1 is 1.59 bits per heavy atom. The van der Waals surface area contributed by atoms with Gasteiger partial charge in [0.2, 0.25) is 5.91 Å². The van der Waals surface area contributed by atoms with E-state index in [1.165, 1.54) is 0 Å². The second-order valence-corrected chi connectivity index (χ2v) is 3.95. The van der Waals surface area contributed by atoms with Crippen LogP contribution < -0.4 is 5.32 Å². The van der Waals surface area contributed by atoms with Gasteiger partial charge in [-0.15, -0.1) is 6.58 Å². The topological polar surface area (TPSA) is 46.9 Å². The summed E-state index contributed by atoms with van der Waals surface area (Å²) in [5, 5.41) is 2.75. The van der Waals surface area contributed by atoms with Gasteiger partial charge in [-0.1, -0.05) is 12.1 Å². The molecule has 0 saturated carbocycles. The number of hydrogen-bond acceptors (Lipinski definition) is 2.